The van der Waals surface area contributed by atoms with Crippen LogP contribution in [0.1, 0.15) is 6.92 Å². The Bertz CT molecular complexity index is 1680. The van der Waals surface area contributed by atoms with Crippen molar-refractivity contribution in [1.82, 2.24) is 25.4 Å². The van der Waals surface area contributed by atoms with Crippen molar-refractivity contribution in [1.29, 1.82) is 0 Å². The predicted octanol–water partition coefficient (Wildman–Crippen LogP) is 4.76. The third-order valence-corrected chi connectivity index (χ3v) is 7.65. The molecule has 4 heterocycles. The number of sulfonamides is 1. The highest BCUT2D eigenvalue weighted by atomic mass is 35.5. The van der Waals surface area contributed by atoms with Crippen LogP contribution in [0.2, 0.25) is 5.15 Å². The molecule has 0 bridgehead atoms. The summed E-state index contributed by atoms with van der Waals surface area (Å²) in [6, 6.07) is 15.4. The van der Waals surface area contributed by atoms with Gasteiger partial charge in [-0.3, -0.25) is 9.52 Å². The molecule has 0 saturated carbocycles. The Balaban J connectivity index is 1.25. The van der Waals surface area contributed by atoms with Gasteiger partial charge in [-0.1, -0.05) is 23.4 Å². The number of furan rings is 2. The number of carbonyl (C=O) groups excluding carboxylic acids is 1. The van der Waals surface area contributed by atoms with Gasteiger partial charge in [0.05, 0.1) is 22.7 Å². The highest BCUT2D eigenvalue weighted by molar-refractivity contribution is 8.00. The summed E-state index contributed by atoms with van der Waals surface area (Å²) in [5, 5.41) is 18.2. The minimum Gasteiger partial charge on any atom is -0.463 e. The maximum Gasteiger partial charge on any atom is 0.263 e. The fourth-order valence-corrected chi connectivity index (χ4v) is 5.08. The number of nitrogens with one attached hydrogen (secondary N) is 2. The molecule has 0 aliphatic carbocycles. The van der Waals surface area contributed by atoms with Gasteiger partial charge in [0.15, 0.2) is 28.2 Å². The van der Waals surface area contributed by atoms with Crippen LogP contribution in [-0.2, 0) is 14.8 Å². The second kappa shape index (κ2) is 11.2. The van der Waals surface area contributed by atoms with Crippen LogP contribution in [-0.4, -0.2) is 45.0 Å². The summed E-state index contributed by atoms with van der Waals surface area (Å²) in [5.41, 5.74) is 1.24. The Kier molecular flexibility index (Phi) is 7.58. The Hall–Kier alpha value is -4.27. The van der Waals surface area contributed by atoms with Crippen LogP contribution >= 0.6 is 23.4 Å². The number of rotatable bonds is 9. The van der Waals surface area contributed by atoms with Gasteiger partial charge in [-0.05, 0) is 67.6 Å². The molecule has 0 spiro atoms. The number of aromatic nitrogens is 5. The lowest BCUT2D eigenvalue weighted by molar-refractivity contribution is -0.115. The molecule has 15 heteroatoms. The summed E-state index contributed by atoms with van der Waals surface area (Å²) in [4.78, 5) is 17.4. The zero-order chi connectivity index (χ0) is 27.4. The molecule has 1 atom stereocenters. The van der Waals surface area contributed by atoms with Crippen molar-refractivity contribution in [2.75, 3.05) is 10.0 Å². The molecular formula is C24H18ClN7O5S2. The molecule has 5 aromatic rings. The van der Waals surface area contributed by atoms with Gasteiger partial charge in [-0.15, -0.1) is 20.4 Å². The predicted molar refractivity (Wildman–Crippen MR) is 143 cm³/mol. The van der Waals surface area contributed by atoms with E-state index in [1.165, 1.54) is 48.9 Å². The molecule has 1 unspecified atom stereocenters. The smallest absolute Gasteiger partial charge is 0.263 e. The highest BCUT2D eigenvalue weighted by Crippen LogP contribution is 2.31. The average molecular weight is 584 g/mol. The maximum atomic E-state index is 12.8. The summed E-state index contributed by atoms with van der Waals surface area (Å²) in [5.74, 6) is 0.628. The first-order chi connectivity index (χ1) is 18.8. The van der Waals surface area contributed by atoms with Crippen LogP contribution in [0.25, 0.3) is 22.9 Å². The largest absolute Gasteiger partial charge is 0.463 e. The lowest BCUT2D eigenvalue weighted by Gasteiger charge is -2.12. The molecule has 198 valence electrons. The first-order valence-electron chi connectivity index (χ1n) is 11.2. The molecular weight excluding hydrogens is 566 g/mol. The molecule has 1 amide bonds. The van der Waals surface area contributed by atoms with E-state index in [1.54, 1.807) is 31.2 Å². The number of thioether (sulfide) groups is 1. The molecule has 0 fully saturated rings. The molecule has 0 saturated heterocycles. The minimum atomic E-state index is -3.92. The summed E-state index contributed by atoms with van der Waals surface area (Å²) in [6.45, 7) is 1.69. The fourth-order valence-electron chi connectivity index (χ4n) is 3.27. The average Bonchev–Trinajstić information content (AvgIpc) is 3.65. The van der Waals surface area contributed by atoms with Crippen molar-refractivity contribution in [3.05, 3.63) is 78.3 Å². The van der Waals surface area contributed by atoms with Gasteiger partial charge >= 0.3 is 0 Å². The van der Waals surface area contributed by atoms with Crippen LogP contribution in [0.15, 0.2) is 92.1 Å². The van der Waals surface area contributed by atoms with E-state index < -0.39 is 15.3 Å². The van der Waals surface area contributed by atoms with Crippen molar-refractivity contribution in [2.45, 2.75) is 22.2 Å². The van der Waals surface area contributed by atoms with E-state index in [4.69, 9.17) is 20.4 Å². The van der Waals surface area contributed by atoms with E-state index in [0.29, 0.717) is 28.6 Å². The first-order valence-corrected chi connectivity index (χ1v) is 13.9. The number of carbonyl (C=O) groups is 1. The number of hydrogen-bond donors (Lipinski definition) is 2. The molecule has 0 aliphatic heterocycles. The number of hydrogen-bond acceptors (Lipinski definition) is 11. The van der Waals surface area contributed by atoms with Crippen LogP contribution in [0, 0.1) is 0 Å². The summed E-state index contributed by atoms with van der Waals surface area (Å²) in [7, 11) is -3.92. The van der Waals surface area contributed by atoms with Crippen molar-refractivity contribution in [3.63, 3.8) is 0 Å². The van der Waals surface area contributed by atoms with Gasteiger partial charge in [0.1, 0.15) is 5.69 Å². The SMILES string of the molecule is CC(Sc1nnc(-c2ccco2)c(-c2ccco2)n1)C(=O)Nc1ccc(S(=O)(=O)Nc2ccc(Cl)nn2)cc1. The maximum absolute atomic E-state index is 12.8. The molecule has 0 aliphatic rings. The van der Waals surface area contributed by atoms with Gasteiger partial charge in [0.25, 0.3) is 10.0 Å². The number of benzene rings is 1. The Morgan fingerprint density at radius 3 is 2.21 bits per heavy atom. The van der Waals surface area contributed by atoms with Crippen molar-refractivity contribution >= 4 is 50.8 Å². The van der Waals surface area contributed by atoms with E-state index >= 15 is 0 Å². The standard InChI is InChI=1S/C24H18ClN7O5S2/c1-14(38-24-27-21(17-4-2-12-36-17)22(30-31-24)18-5-3-13-37-18)23(33)26-15-6-8-16(9-7-15)39(34,35)32-20-11-10-19(25)28-29-20/h2-14H,1H3,(H,26,33)(H,29,32). The molecule has 4 aromatic heterocycles. The minimum absolute atomic E-state index is 0.0201. The Morgan fingerprint density at radius 2 is 1.59 bits per heavy atom. The number of anilines is 2. The Labute approximate surface area is 231 Å². The van der Waals surface area contributed by atoms with E-state index in [0.717, 1.165) is 11.8 Å². The third kappa shape index (κ3) is 6.25. The number of amides is 1. The third-order valence-electron chi connectivity index (χ3n) is 5.13. The normalized spacial score (nSPS) is 12.2. The lowest BCUT2D eigenvalue weighted by atomic mass is 10.2. The monoisotopic (exact) mass is 583 g/mol. The van der Waals surface area contributed by atoms with Gasteiger partial charge in [-0.2, -0.15) is 0 Å². The van der Waals surface area contributed by atoms with Gasteiger partial charge in [0, 0.05) is 5.69 Å². The number of halogens is 1. The van der Waals surface area contributed by atoms with Gasteiger partial charge in [-0.25, -0.2) is 13.4 Å². The molecule has 39 heavy (non-hydrogen) atoms. The van der Waals surface area contributed by atoms with Crippen LogP contribution in [0.5, 0.6) is 0 Å². The van der Waals surface area contributed by atoms with E-state index in [9.17, 15) is 13.2 Å². The molecule has 0 radical (unpaired) electrons. The summed E-state index contributed by atoms with van der Waals surface area (Å²) in [6.07, 6.45) is 3.04. The van der Waals surface area contributed by atoms with Crippen molar-refractivity contribution in [2.24, 2.45) is 0 Å². The first kappa shape index (κ1) is 26.3. The van der Waals surface area contributed by atoms with E-state index in [1.807, 2.05) is 0 Å². The molecule has 12 nitrogen and oxygen atoms in total. The Morgan fingerprint density at radius 1 is 0.897 bits per heavy atom. The van der Waals surface area contributed by atoms with E-state index in [2.05, 4.69) is 35.4 Å². The number of nitrogens with zero attached hydrogens (tertiary/aromatic N) is 5. The summed E-state index contributed by atoms with van der Waals surface area (Å²) < 4.78 is 38.5. The molecule has 2 N–H and O–H groups in total. The zero-order valence-corrected chi connectivity index (χ0v) is 22.4. The fraction of sp³-hybridized carbons (Fsp3) is 0.0833. The second-order valence-electron chi connectivity index (χ2n) is 7.87. The summed E-state index contributed by atoms with van der Waals surface area (Å²) >= 11 is 6.78. The van der Waals surface area contributed by atoms with Crippen LogP contribution in [0.3, 0.4) is 0 Å². The van der Waals surface area contributed by atoms with Crippen LogP contribution in [0.4, 0.5) is 11.5 Å². The topological polar surface area (TPSA) is 166 Å². The molecule has 5 rings (SSSR count). The van der Waals surface area contributed by atoms with Gasteiger partial charge < -0.3 is 14.2 Å². The van der Waals surface area contributed by atoms with E-state index in [-0.39, 0.29) is 26.9 Å². The molecule has 1 aromatic carbocycles. The highest BCUT2D eigenvalue weighted by Gasteiger charge is 2.22. The van der Waals surface area contributed by atoms with Crippen molar-refractivity contribution < 1.29 is 22.0 Å². The second-order valence-corrected chi connectivity index (χ2v) is 11.2. The van der Waals surface area contributed by atoms with Crippen LogP contribution < -0.4 is 10.0 Å². The zero-order valence-electron chi connectivity index (χ0n) is 20.0. The lowest BCUT2D eigenvalue weighted by Crippen LogP contribution is -2.23. The van der Waals surface area contributed by atoms with Gasteiger partial charge in [0.2, 0.25) is 11.1 Å². The quantitative estimate of drug-likeness (QED) is 0.230. The van der Waals surface area contributed by atoms with Crippen molar-refractivity contribution in [3.8, 4) is 22.9 Å².